The van der Waals surface area contributed by atoms with Crippen LogP contribution in [0.2, 0.25) is 0 Å². The van der Waals surface area contributed by atoms with Crippen molar-refractivity contribution in [1.29, 1.82) is 0 Å². The smallest absolute Gasteiger partial charge is 0.274 e. The van der Waals surface area contributed by atoms with Crippen LogP contribution in [0.3, 0.4) is 0 Å². The first kappa shape index (κ1) is 24.6. The van der Waals surface area contributed by atoms with Gasteiger partial charge in [0.25, 0.3) is 11.8 Å². The Morgan fingerprint density at radius 3 is 2.79 bits per heavy atom. The number of hydrogen-bond acceptors (Lipinski definition) is 6. The summed E-state index contributed by atoms with van der Waals surface area (Å²) in [6.07, 6.45) is 2.09. The van der Waals surface area contributed by atoms with E-state index in [1.165, 1.54) is 29.7 Å². The quantitative estimate of drug-likeness (QED) is 0.218. The Labute approximate surface area is 199 Å². The molecule has 6 nitrogen and oxygen atoms in total. The van der Waals surface area contributed by atoms with Crippen LogP contribution in [0.5, 0.6) is 0 Å². The number of nitrogens with zero attached hydrogens (tertiary/aromatic N) is 1. The molecular weight excluding hydrogens is 461 g/mol. The first-order valence-electron chi connectivity index (χ1n) is 10.2. The van der Waals surface area contributed by atoms with Gasteiger partial charge in [0.2, 0.25) is 0 Å². The first-order chi connectivity index (χ1) is 16.0. The van der Waals surface area contributed by atoms with E-state index in [-0.39, 0.29) is 12.5 Å². The average Bonchev–Trinajstić information content (AvgIpc) is 3.17. The molecule has 1 heterocycles. The van der Waals surface area contributed by atoms with Crippen LogP contribution in [0.1, 0.15) is 43.8 Å². The fraction of sp³-hybridized carbons (Fsp3) is 0.208. The molecule has 0 saturated carbocycles. The zero-order chi connectivity index (χ0) is 23.6. The Morgan fingerprint density at radius 2 is 2.00 bits per heavy atom. The number of aryl methyl sites for hydroxylation is 1. The number of hydrogen-bond donors (Lipinski definition) is 3. The molecule has 3 N–H and O–H groups in total. The monoisotopic (exact) mass is 485 g/mol. The summed E-state index contributed by atoms with van der Waals surface area (Å²) < 4.78 is 13.3. The van der Waals surface area contributed by atoms with Crippen LogP contribution in [-0.2, 0) is 5.75 Å². The van der Waals surface area contributed by atoms with Crippen molar-refractivity contribution in [1.82, 2.24) is 5.43 Å². The fourth-order valence-corrected chi connectivity index (χ4v) is 4.79. The number of rotatable bonds is 10. The lowest BCUT2D eigenvalue weighted by molar-refractivity contribution is 0.0956. The third kappa shape index (κ3) is 7.24. The van der Waals surface area contributed by atoms with Gasteiger partial charge in [-0.2, -0.15) is 16.9 Å². The average molecular weight is 486 g/mol. The van der Waals surface area contributed by atoms with Crippen molar-refractivity contribution in [3.8, 4) is 0 Å². The van der Waals surface area contributed by atoms with E-state index in [0.717, 1.165) is 23.5 Å². The number of hydrazone groups is 1. The fourth-order valence-electron chi connectivity index (χ4n) is 2.96. The second kappa shape index (κ2) is 12.3. The van der Waals surface area contributed by atoms with Crippen LogP contribution in [0.4, 0.5) is 9.39 Å². The van der Waals surface area contributed by atoms with E-state index in [9.17, 15) is 14.0 Å². The molecule has 0 saturated heterocycles. The second-order valence-corrected chi connectivity index (χ2v) is 9.15. The summed E-state index contributed by atoms with van der Waals surface area (Å²) in [6, 6.07) is 13.2. The molecule has 0 aliphatic carbocycles. The summed E-state index contributed by atoms with van der Waals surface area (Å²) in [5.41, 5.74) is 5.50. The molecule has 0 fully saturated rings. The highest BCUT2D eigenvalue weighted by atomic mass is 32.2. The maximum atomic E-state index is 13.3. The minimum absolute atomic E-state index is 0.168. The Kier molecular flexibility index (Phi) is 9.17. The number of aliphatic hydroxyl groups excluding tert-OH is 1. The normalized spacial score (nSPS) is 11.0. The standard InChI is InChI=1S/C24H24FN3O3S2/c1-16-14-33-24(21(16)23(31)28-26-13-17-5-3-8-20(25)12-17)27-22(30)19-7-2-6-18(11-19)15-32-10-4-9-29/h2-3,5-8,11-14,29H,4,9-10,15H2,1H3,(H,27,30)(H,28,31)/b26-13+. The molecule has 0 bridgehead atoms. The van der Waals surface area contributed by atoms with Gasteiger partial charge >= 0.3 is 0 Å². The number of aliphatic hydroxyl groups is 1. The molecule has 9 heteroatoms. The Bertz CT molecular complexity index is 1150. The summed E-state index contributed by atoms with van der Waals surface area (Å²) in [6.45, 7) is 1.95. The number of amides is 2. The summed E-state index contributed by atoms with van der Waals surface area (Å²) in [7, 11) is 0. The molecule has 0 aliphatic rings. The largest absolute Gasteiger partial charge is 0.396 e. The third-order valence-corrected chi connectivity index (χ3v) is 6.69. The molecule has 0 spiro atoms. The van der Waals surface area contributed by atoms with Crippen molar-refractivity contribution in [2.24, 2.45) is 5.10 Å². The van der Waals surface area contributed by atoms with E-state index in [1.807, 2.05) is 18.2 Å². The summed E-state index contributed by atoms with van der Waals surface area (Å²) >= 11 is 2.96. The van der Waals surface area contributed by atoms with Crippen LogP contribution in [0.25, 0.3) is 0 Å². The number of carbonyl (C=O) groups is 2. The number of halogens is 1. The van der Waals surface area contributed by atoms with Crippen molar-refractivity contribution in [2.45, 2.75) is 19.1 Å². The van der Waals surface area contributed by atoms with E-state index < -0.39 is 11.7 Å². The number of anilines is 1. The van der Waals surface area contributed by atoms with Gasteiger partial charge in [0.15, 0.2) is 0 Å². The van der Waals surface area contributed by atoms with Gasteiger partial charge in [0, 0.05) is 17.9 Å². The molecule has 1 aromatic heterocycles. The molecule has 2 aromatic carbocycles. The predicted molar refractivity (Wildman–Crippen MR) is 133 cm³/mol. The molecule has 0 atom stereocenters. The molecular formula is C24H24FN3O3S2. The first-order valence-corrected chi connectivity index (χ1v) is 12.3. The van der Waals surface area contributed by atoms with E-state index >= 15 is 0 Å². The maximum absolute atomic E-state index is 13.3. The Balaban J connectivity index is 1.65. The number of carbonyl (C=O) groups excluding carboxylic acids is 2. The highest BCUT2D eigenvalue weighted by Gasteiger charge is 2.19. The number of benzene rings is 2. The number of nitrogens with one attached hydrogen (secondary N) is 2. The van der Waals surface area contributed by atoms with E-state index in [1.54, 1.807) is 42.3 Å². The van der Waals surface area contributed by atoms with Crippen molar-refractivity contribution < 1.29 is 19.1 Å². The summed E-state index contributed by atoms with van der Waals surface area (Å²) in [5.74, 6) is 0.427. The Hall–Kier alpha value is -3.01. The highest BCUT2D eigenvalue weighted by molar-refractivity contribution is 7.98. The number of thioether (sulfide) groups is 1. The van der Waals surface area contributed by atoms with E-state index in [4.69, 9.17) is 5.11 Å². The van der Waals surface area contributed by atoms with E-state index in [2.05, 4.69) is 15.8 Å². The van der Waals surface area contributed by atoms with Gasteiger partial charge in [-0.25, -0.2) is 9.82 Å². The van der Waals surface area contributed by atoms with Crippen molar-refractivity contribution >= 4 is 46.1 Å². The zero-order valence-corrected chi connectivity index (χ0v) is 19.6. The molecule has 0 radical (unpaired) electrons. The van der Waals surface area contributed by atoms with Crippen LogP contribution < -0.4 is 10.7 Å². The predicted octanol–water partition coefficient (Wildman–Crippen LogP) is 4.83. The van der Waals surface area contributed by atoms with Crippen LogP contribution >= 0.6 is 23.1 Å². The van der Waals surface area contributed by atoms with Crippen LogP contribution in [0.15, 0.2) is 59.0 Å². The van der Waals surface area contributed by atoms with Gasteiger partial charge in [-0.1, -0.05) is 24.3 Å². The SMILES string of the molecule is Cc1csc(NC(=O)c2cccc(CSCCCO)c2)c1C(=O)N/N=C/c1cccc(F)c1. The third-order valence-electron chi connectivity index (χ3n) is 4.56. The van der Waals surface area contributed by atoms with E-state index in [0.29, 0.717) is 27.3 Å². The zero-order valence-electron chi connectivity index (χ0n) is 18.0. The molecule has 0 aliphatic heterocycles. The van der Waals surface area contributed by atoms with Gasteiger partial charge in [-0.3, -0.25) is 9.59 Å². The topological polar surface area (TPSA) is 90.8 Å². The highest BCUT2D eigenvalue weighted by Crippen LogP contribution is 2.28. The number of thiophene rings is 1. The second-order valence-electron chi connectivity index (χ2n) is 7.16. The van der Waals surface area contributed by atoms with Crippen molar-refractivity contribution in [3.05, 3.63) is 87.5 Å². The minimum Gasteiger partial charge on any atom is -0.396 e. The van der Waals surface area contributed by atoms with Crippen LogP contribution in [0, 0.1) is 12.7 Å². The molecule has 2 amide bonds. The molecule has 3 aromatic rings. The lowest BCUT2D eigenvalue weighted by atomic mass is 10.1. The van der Waals surface area contributed by atoms with Gasteiger partial charge in [-0.05, 0) is 65.4 Å². The van der Waals surface area contributed by atoms with Crippen LogP contribution in [-0.4, -0.2) is 35.5 Å². The molecule has 0 unspecified atom stereocenters. The van der Waals surface area contributed by atoms with Gasteiger partial charge < -0.3 is 10.4 Å². The molecule has 172 valence electrons. The minimum atomic E-state index is -0.467. The van der Waals surface area contributed by atoms with Gasteiger partial charge in [0.05, 0.1) is 11.8 Å². The van der Waals surface area contributed by atoms with Crippen molar-refractivity contribution in [3.63, 3.8) is 0 Å². The summed E-state index contributed by atoms with van der Waals surface area (Å²) in [5, 5.41) is 17.8. The lowest BCUT2D eigenvalue weighted by Gasteiger charge is -2.08. The van der Waals surface area contributed by atoms with Crippen molar-refractivity contribution in [2.75, 3.05) is 17.7 Å². The van der Waals surface area contributed by atoms with Gasteiger partial charge in [0.1, 0.15) is 10.8 Å². The molecule has 3 rings (SSSR count). The molecule has 33 heavy (non-hydrogen) atoms. The van der Waals surface area contributed by atoms with Gasteiger partial charge in [-0.15, -0.1) is 11.3 Å². The Morgan fingerprint density at radius 1 is 1.18 bits per heavy atom. The summed E-state index contributed by atoms with van der Waals surface area (Å²) in [4.78, 5) is 25.5. The lowest BCUT2D eigenvalue weighted by Crippen LogP contribution is -2.21. The maximum Gasteiger partial charge on any atom is 0.274 e.